The van der Waals surface area contributed by atoms with Gasteiger partial charge in [0.05, 0.1) is 0 Å². The molecule has 1 aromatic heterocycles. The molecule has 0 aliphatic heterocycles. The van der Waals surface area contributed by atoms with Gasteiger partial charge in [-0.1, -0.05) is 6.92 Å². The molecule has 0 atom stereocenters. The average molecular weight is 472 g/mol. The normalized spacial score (nSPS) is 13.9. The van der Waals surface area contributed by atoms with Gasteiger partial charge >= 0.3 is 0 Å². The Bertz CT molecular complexity index is 1130. The lowest BCUT2D eigenvalue weighted by atomic mass is 9.81. The van der Waals surface area contributed by atoms with Crippen molar-refractivity contribution in [1.82, 2.24) is 0 Å². The maximum Gasteiger partial charge on any atom is 0.194 e. The first kappa shape index (κ1) is 17.6. The Morgan fingerprint density at radius 3 is 2.27 bits per heavy atom. The van der Waals surface area contributed by atoms with Gasteiger partial charge in [0.25, 0.3) is 0 Å². The highest BCUT2D eigenvalue weighted by Crippen LogP contribution is 2.35. The second-order valence-electron chi connectivity index (χ2n) is 6.63. The summed E-state index contributed by atoms with van der Waals surface area (Å²) >= 11 is 3.92. The summed E-state index contributed by atoms with van der Waals surface area (Å²) in [5, 5.41) is 1.03. The quantitative estimate of drug-likeness (QED) is 0.319. The Morgan fingerprint density at radius 2 is 1.62 bits per heavy atom. The summed E-state index contributed by atoms with van der Waals surface area (Å²) in [5.41, 5.74) is 4.24. The molecule has 1 aliphatic carbocycles. The van der Waals surface area contributed by atoms with Crippen molar-refractivity contribution in [3.63, 3.8) is 0 Å². The number of ketones is 2. The van der Waals surface area contributed by atoms with Gasteiger partial charge in [-0.25, -0.2) is 0 Å². The van der Waals surface area contributed by atoms with Gasteiger partial charge in [-0.15, -0.1) is 11.3 Å². The van der Waals surface area contributed by atoms with Crippen molar-refractivity contribution in [2.24, 2.45) is 0 Å². The second kappa shape index (κ2) is 6.43. The highest BCUT2D eigenvalue weighted by Gasteiger charge is 2.31. The van der Waals surface area contributed by atoms with Crippen LogP contribution in [0.4, 0.5) is 0 Å². The molecule has 0 bridgehead atoms. The van der Waals surface area contributed by atoms with Gasteiger partial charge in [-0.2, -0.15) is 0 Å². The molecule has 4 rings (SSSR count). The minimum Gasteiger partial charge on any atom is -0.289 e. The zero-order chi connectivity index (χ0) is 18.6. The van der Waals surface area contributed by atoms with Gasteiger partial charge in [0, 0.05) is 31.8 Å². The van der Waals surface area contributed by atoms with Crippen LogP contribution in [0.1, 0.15) is 61.7 Å². The highest BCUT2D eigenvalue weighted by molar-refractivity contribution is 14.1. The summed E-state index contributed by atoms with van der Waals surface area (Å²) in [5.74, 6) is -0.0947. The van der Waals surface area contributed by atoms with Gasteiger partial charge in [0.2, 0.25) is 0 Å². The lowest BCUT2D eigenvalue weighted by Gasteiger charge is -2.20. The number of allylic oxidation sites excluding steroid dienone is 1. The summed E-state index contributed by atoms with van der Waals surface area (Å²) in [6.45, 7) is 6.14. The van der Waals surface area contributed by atoms with Gasteiger partial charge < -0.3 is 0 Å². The molecule has 0 saturated carbocycles. The molecule has 0 fully saturated rings. The lowest BCUT2D eigenvalue weighted by Crippen LogP contribution is -2.21. The molecule has 3 aromatic rings. The van der Waals surface area contributed by atoms with Gasteiger partial charge in [0.15, 0.2) is 11.6 Å². The Hall–Kier alpha value is -1.79. The van der Waals surface area contributed by atoms with E-state index in [1.807, 2.05) is 38.1 Å². The minimum absolute atomic E-state index is 0.0446. The molecular formula is C22H17IO2S. The summed E-state index contributed by atoms with van der Waals surface area (Å²) < 4.78 is 2.20. The van der Waals surface area contributed by atoms with E-state index >= 15 is 0 Å². The van der Waals surface area contributed by atoms with E-state index < -0.39 is 0 Å². The zero-order valence-corrected chi connectivity index (χ0v) is 17.7. The fourth-order valence-corrected chi connectivity index (χ4v) is 4.86. The van der Waals surface area contributed by atoms with E-state index in [9.17, 15) is 9.59 Å². The number of fused-ring (bicyclic) bond motifs is 3. The van der Waals surface area contributed by atoms with Crippen LogP contribution in [0.5, 0.6) is 0 Å². The first-order valence-electron chi connectivity index (χ1n) is 8.53. The summed E-state index contributed by atoms with van der Waals surface area (Å²) in [6, 6.07) is 9.64. The number of thiophene rings is 1. The predicted octanol–water partition coefficient (Wildman–Crippen LogP) is 6.34. The van der Waals surface area contributed by atoms with E-state index in [0.717, 1.165) is 31.2 Å². The minimum atomic E-state index is -0.0500. The van der Waals surface area contributed by atoms with E-state index in [4.69, 9.17) is 0 Å². The number of rotatable bonds is 2. The number of hydrogen-bond acceptors (Lipinski definition) is 3. The fourth-order valence-electron chi connectivity index (χ4n) is 3.58. The first-order chi connectivity index (χ1) is 12.4. The molecule has 0 spiro atoms. The maximum absolute atomic E-state index is 13.2. The molecule has 26 heavy (non-hydrogen) atoms. The van der Waals surface area contributed by atoms with Gasteiger partial charge in [0.1, 0.15) is 0 Å². The van der Waals surface area contributed by atoms with Crippen molar-refractivity contribution in [3.8, 4) is 0 Å². The van der Waals surface area contributed by atoms with Crippen molar-refractivity contribution in [2.75, 3.05) is 0 Å². The zero-order valence-electron chi connectivity index (χ0n) is 14.8. The molecule has 1 heterocycles. The number of carbonyl (C=O) groups excluding carboxylic acids is 2. The van der Waals surface area contributed by atoms with Gasteiger partial charge in [-0.3, -0.25) is 9.59 Å². The molecule has 130 valence electrons. The third-order valence-electron chi connectivity index (χ3n) is 4.77. The molecular weight excluding hydrogens is 455 g/mol. The Morgan fingerprint density at radius 1 is 1.00 bits per heavy atom. The van der Waals surface area contributed by atoms with Crippen molar-refractivity contribution in [3.05, 3.63) is 72.2 Å². The van der Waals surface area contributed by atoms with E-state index in [2.05, 4.69) is 41.7 Å². The molecule has 0 radical (unpaired) electrons. The van der Waals surface area contributed by atoms with Crippen LogP contribution in [-0.4, -0.2) is 11.6 Å². The highest BCUT2D eigenvalue weighted by atomic mass is 127. The van der Waals surface area contributed by atoms with Crippen LogP contribution in [0.2, 0.25) is 0 Å². The van der Waals surface area contributed by atoms with Crippen molar-refractivity contribution >= 4 is 61.7 Å². The fraction of sp³-hybridized carbons (Fsp3) is 0.182. The number of carbonyl (C=O) groups is 2. The van der Waals surface area contributed by atoms with Crippen LogP contribution >= 0.6 is 33.9 Å². The average Bonchev–Trinajstić information content (AvgIpc) is 2.96. The van der Waals surface area contributed by atoms with Crippen molar-refractivity contribution < 1.29 is 9.59 Å². The van der Waals surface area contributed by atoms with Crippen LogP contribution in [-0.2, 0) is 6.42 Å². The van der Waals surface area contributed by atoms with E-state index in [0.29, 0.717) is 22.3 Å². The second-order valence-corrected chi connectivity index (χ2v) is 9.62. The van der Waals surface area contributed by atoms with Crippen LogP contribution in [0.3, 0.4) is 0 Å². The lowest BCUT2D eigenvalue weighted by molar-refractivity contribution is 0.0979. The Kier molecular flexibility index (Phi) is 4.35. The molecule has 1 aliphatic rings. The molecule has 2 nitrogen and oxygen atoms in total. The topological polar surface area (TPSA) is 34.1 Å². The van der Waals surface area contributed by atoms with Crippen LogP contribution < -0.4 is 0 Å². The number of benzene rings is 2. The van der Waals surface area contributed by atoms with E-state index in [1.54, 1.807) is 11.3 Å². The van der Waals surface area contributed by atoms with Crippen molar-refractivity contribution in [2.45, 2.75) is 27.2 Å². The maximum atomic E-state index is 13.2. The molecule has 0 unspecified atom stereocenters. The monoisotopic (exact) mass is 472 g/mol. The Labute approximate surface area is 170 Å². The molecule has 2 aromatic carbocycles. The first-order valence-corrected chi connectivity index (χ1v) is 10.4. The number of hydrogen-bond donors (Lipinski definition) is 0. The van der Waals surface area contributed by atoms with Crippen LogP contribution in [0.15, 0.2) is 33.9 Å². The summed E-state index contributed by atoms with van der Waals surface area (Å²) in [4.78, 5) is 27.5. The molecule has 0 amide bonds. The van der Waals surface area contributed by atoms with Crippen LogP contribution in [0, 0.1) is 6.92 Å². The summed E-state index contributed by atoms with van der Waals surface area (Å²) in [7, 11) is 0. The molecule has 0 saturated heterocycles. The predicted molar refractivity (Wildman–Crippen MR) is 117 cm³/mol. The van der Waals surface area contributed by atoms with Crippen molar-refractivity contribution in [1.29, 1.82) is 0 Å². The Balaban J connectivity index is 1.98. The van der Waals surface area contributed by atoms with Gasteiger partial charge in [-0.05, 0) is 99.4 Å². The van der Waals surface area contributed by atoms with E-state index in [-0.39, 0.29) is 11.6 Å². The number of aryl methyl sites for hydroxylation is 2. The molecule has 4 heteroatoms. The SMILES string of the molecule is CCc1cc2c(cc1/C=C(\C)I)C(=O)c1cc3sc(C)cc3cc1C2=O. The van der Waals surface area contributed by atoms with E-state index in [1.165, 1.54) is 4.88 Å². The van der Waals surface area contributed by atoms with Crippen LogP contribution in [0.25, 0.3) is 16.2 Å². The number of halogens is 1. The smallest absolute Gasteiger partial charge is 0.194 e. The third kappa shape index (κ3) is 2.76. The third-order valence-corrected chi connectivity index (χ3v) is 6.10. The molecule has 0 N–H and O–H groups in total. The summed E-state index contributed by atoms with van der Waals surface area (Å²) in [6.07, 6.45) is 2.89. The largest absolute Gasteiger partial charge is 0.289 e. The standard InChI is InChI=1S/C22H17IO2S/c1-4-13-7-16-17(8-14(13)5-11(2)23)22(25)19-10-20-15(6-12(3)26-20)9-18(19)21(16)24/h5-10H,4H2,1-3H3/b11-5+.